The molecule has 0 radical (unpaired) electrons. The summed E-state index contributed by atoms with van der Waals surface area (Å²) in [5.74, 6) is -0.0712. The lowest BCUT2D eigenvalue weighted by molar-refractivity contribution is -0.385. The fraction of sp³-hybridized carbons (Fsp3) is 0.0968. The molecule has 0 amide bonds. The number of nitro groups is 1. The van der Waals surface area contributed by atoms with Crippen molar-refractivity contribution < 1.29 is 25.3 Å². The SMILES string of the molecule is Nc1cccc(C2=NN=NC2)c1O.O=[N+]([O-])c1cccc(C2=NN=NC2)c1O.Oc1ccccc1C1=NN=NC1.[C-]#[N+]c1ccccc1O. The molecular formula is C31H26N12O6. The second-order valence-corrected chi connectivity index (χ2v) is 9.60. The van der Waals surface area contributed by atoms with Gasteiger partial charge in [-0.2, -0.15) is 15.3 Å². The monoisotopic (exact) mass is 662 g/mol. The molecule has 49 heavy (non-hydrogen) atoms. The van der Waals surface area contributed by atoms with Gasteiger partial charge in [-0.05, 0) is 52.1 Å². The van der Waals surface area contributed by atoms with Gasteiger partial charge in [-0.1, -0.05) is 42.5 Å². The van der Waals surface area contributed by atoms with E-state index in [0.29, 0.717) is 58.3 Å². The zero-order valence-electron chi connectivity index (χ0n) is 25.3. The van der Waals surface area contributed by atoms with Crippen molar-refractivity contribution >= 4 is 34.2 Å². The largest absolute Gasteiger partial charge is 0.519 e. The van der Waals surface area contributed by atoms with Gasteiger partial charge in [-0.25, -0.2) is 4.85 Å². The van der Waals surface area contributed by atoms with E-state index in [2.05, 4.69) is 51.2 Å². The summed E-state index contributed by atoms with van der Waals surface area (Å²) >= 11 is 0. The molecular weight excluding hydrogens is 636 g/mol. The van der Waals surface area contributed by atoms with Crippen LogP contribution in [0.1, 0.15) is 16.7 Å². The van der Waals surface area contributed by atoms with E-state index in [1.165, 1.54) is 24.3 Å². The number of para-hydroxylation sites is 5. The van der Waals surface area contributed by atoms with Crippen LogP contribution in [0.15, 0.2) is 131 Å². The van der Waals surface area contributed by atoms with Gasteiger partial charge in [0.05, 0.1) is 34.3 Å². The van der Waals surface area contributed by atoms with Crippen molar-refractivity contribution in [3.8, 4) is 23.0 Å². The van der Waals surface area contributed by atoms with Crippen LogP contribution in [0, 0.1) is 16.7 Å². The zero-order chi connectivity index (χ0) is 35.2. The Bertz CT molecular complexity index is 2070. The summed E-state index contributed by atoms with van der Waals surface area (Å²) in [5.41, 5.74) is 9.22. The fourth-order valence-corrected chi connectivity index (χ4v) is 4.05. The molecule has 0 fully saturated rings. The van der Waals surface area contributed by atoms with E-state index in [9.17, 15) is 25.4 Å². The Hall–Kier alpha value is -7.42. The maximum Gasteiger partial charge on any atom is 0.311 e. The Morgan fingerprint density at radius 1 is 0.633 bits per heavy atom. The van der Waals surface area contributed by atoms with Gasteiger partial charge < -0.3 is 26.2 Å². The van der Waals surface area contributed by atoms with Crippen molar-refractivity contribution in [2.24, 2.45) is 46.3 Å². The average Bonchev–Trinajstić information content (AvgIpc) is 3.93. The maximum absolute atomic E-state index is 10.5. The van der Waals surface area contributed by atoms with Crippen LogP contribution in [-0.2, 0) is 0 Å². The first-order chi connectivity index (χ1) is 23.7. The maximum atomic E-state index is 10.5. The molecule has 246 valence electrons. The van der Waals surface area contributed by atoms with Crippen LogP contribution in [0.2, 0.25) is 0 Å². The number of rotatable bonds is 4. The molecule has 0 aliphatic carbocycles. The van der Waals surface area contributed by atoms with E-state index in [0.717, 1.165) is 0 Å². The van der Waals surface area contributed by atoms with Gasteiger partial charge in [0, 0.05) is 22.8 Å². The van der Waals surface area contributed by atoms with E-state index >= 15 is 0 Å². The van der Waals surface area contributed by atoms with Crippen LogP contribution < -0.4 is 5.73 Å². The normalized spacial score (nSPS) is 13.3. The fourth-order valence-electron chi connectivity index (χ4n) is 4.05. The Balaban J connectivity index is 0.000000149. The number of phenolic OH excluding ortho intramolecular Hbond substituents is 4. The molecule has 18 nitrogen and oxygen atoms in total. The molecule has 0 saturated heterocycles. The average molecular weight is 663 g/mol. The minimum Gasteiger partial charge on any atom is -0.519 e. The van der Waals surface area contributed by atoms with Crippen LogP contribution >= 0.6 is 0 Å². The van der Waals surface area contributed by atoms with Crippen molar-refractivity contribution in [3.05, 3.63) is 123 Å². The summed E-state index contributed by atoms with van der Waals surface area (Å²) < 4.78 is 0. The first kappa shape index (κ1) is 34.5. The number of hydrogen-bond donors (Lipinski definition) is 5. The summed E-state index contributed by atoms with van der Waals surface area (Å²) in [6.07, 6.45) is 0. The third-order valence-electron chi connectivity index (χ3n) is 6.47. The summed E-state index contributed by atoms with van der Waals surface area (Å²) in [6, 6.07) is 22.9. The van der Waals surface area contributed by atoms with Crippen LogP contribution in [0.4, 0.5) is 17.1 Å². The van der Waals surface area contributed by atoms with E-state index < -0.39 is 10.7 Å². The van der Waals surface area contributed by atoms with E-state index in [-0.39, 0.29) is 29.5 Å². The Morgan fingerprint density at radius 3 is 1.57 bits per heavy atom. The minimum atomic E-state index is -0.650. The molecule has 4 aromatic carbocycles. The first-order valence-corrected chi connectivity index (χ1v) is 14.0. The number of aromatic hydroxyl groups is 4. The highest BCUT2D eigenvalue weighted by Crippen LogP contribution is 2.30. The quantitative estimate of drug-likeness (QED) is 0.0561. The zero-order valence-corrected chi connectivity index (χ0v) is 25.3. The molecule has 0 saturated carbocycles. The Kier molecular flexibility index (Phi) is 11.8. The summed E-state index contributed by atoms with van der Waals surface area (Å²) in [7, 11) is 0. The molecule has 3 heterocycles. The number of anilines is 1. The lowest BCUT2D eigenvalue weighted by Gasteiger charge is -2.04. The lowest BCUT2D eigenvalue weighted by Crippen LogP contribution is -2.03. The van der Waals surface area contributed by atoms with Gasteiger partial charge in [-0.15, -0.1) is 15.3 Å². The van der Waals surface area contributed by atoms with E-state index in [1.807, 2.05) is 6.07 Å². The van der Waals surface area contributed by atoms with Gasteiger partial charge >= 0.3 is 5.69 Å². The number of benzene rings is 4. The second-order valence-electron chi connectivity index (χ2n) is 9.60. The van der Waals surface area contributed by atoms with Gasteiger partial charge in [0.15, 0.2) is 0 Å². The molecule has 0 unspecified atom stereocenters. The van der Waals surface area contributed by atoms with Crippen molar-refractivity contribution in [1.29, 1.82) is 0 Å². The molecule has 3 aliphatic heterocycles. The lowest BCUT2D eigenvalue weighted by atomic mass is 10.1. The highest BCUT2D eigenvalue weighted by atomic mass is 16.6. The topological polar surface area (TPSA) is 266 Å². The molecule has 0 bridgehead atoms. The van der Waals surface area contributed by atoms with Gasteiger partial charge in [-0.3, -0.25) is 10.1 Å². The Labute approximate surface area is 277 Å². The molecule has 3 aliphatic rings. The molecule has 0 atom stereocenters. The van der Waals surface area contributed by atoms with Gasteiger partial charge in [0.1, 0.15) is 36.9 Å². The van der Waals surface area contributed by atoms with E-state index in [4.69, 9.17) is 17.4 Å². The number of nitro benzene ring substituents is 1. The smallest absolute Gasteiger partial charge is 0.311 e. The number of phenols is 4. The first-order valence-electron chi connectivity index (χ1n) is 14.0. The van der Waals surface area contributed by atoms with Crippen LogP contribution in [0.25, 0.3) is 4.85 Å². The van der Waals surface area contributed by atoms with Crippen molar-refractivity contribution in [1.82, 2.24) is 0 Å². The van der Waals surface area contributed by atoms with Crippen LogP contribution in [0.5, 0.6) is 23.0 Å². The van der Waals surface area contributed by atoms with Gasteiger partial charge in [0.2, 0.25) is 11.4 Å². The van der Waals surface area contributed by atoms with Crippen molar-refractivity contribution in [2.45, 2.75) is 0 Å². The van der Waals surface area contributed by atoms with Gasteiger partial charge in [0.25, 0.3) is 0 Å². The highest BCUT2D eigenvalue weighted by Gasteiger charge is 2.20. The third kappa shape index (κ3) is 9.08. The van der Waals surface area contributed by atoms with Crippen LogP contribution in [-0.4, -0.2) is 62.1 Å². The Morgan fingerprint density at radius 2 is 1.10 bits per heavy atom. The molecule has 0 aromatic heterocycles. The molecule has 0 spiro atoms. The highest BCUT2D eigenvalue weighted by molar-refractivity contribution is 6.06. The summed E-state index contributed by atoms with van der Waals surface area (Å²) in [4.78, 5) is 13.0. The number of nitrogen functional groups attached to an aromatic ring is 1. The second kappa shape index (κ2) is 16.8. The van der Waals surface area contributed by atoms with E-state index in [1.54, 1.807) is 54.6 Å². The number of nitrogens with zero attached hydrogens (tertiary/aromatic N) is 11. The summed E-state index contributed by atoms with van der Waals surface area (Å²) in [6.45, 7) is 7.64. The number of nitrogens with two attached hydrogens (primary N) is 1. The third-order valence-corrected chi connectivity index (χ3v) is 6.47. The molecule has 4 aromatic rings. The van der Waals surface area contributed by atoms with Crippen molar-refractivity contribution in [2.75, 3.05) is 25.4 Å². The predicted molar refractivity (Wildman–Crippen MR) is 179 cm³/mol. The molecule has 18 heteroatoms. The standard InChI is InChI=1S/C8H6N4O3.C8H8N4O.C8H7N3O.C7H5NO/c13-8-5(6-4-9-11-10-6)2-1-3-7(8)12(14)15;9-6-3-1-2-5(8(6)13)7-4-10-12-11-7;12-8-4-2-1-3-6(8)7-5-9-11-10-7;1-8-6-4-2-3-5-7(6)9/h1-3,13H,4H2;1-3,13H,4,9H2;1-4,12H,5H2;2-5,9H. The van der Waals surface area contributed by atoms with Crippen LogP contribution in [0.3, 0.4) is 0 Å². The van der Waals surface area contributed by atoms with Crippen molar-refractivity contribution in [3.63, 3.8) is 0 Å². The summed E-state index contributed by atoms with van der Waals surface area (Å²) in [5, 5.41) is 80.6. The molecule has 6 N–H and O–H groups in total. The predicted octanol–water partition coefficient (Wildman–Crippen LogP) is 6.12. The molecule has 7 rings (SSSR count). The number of hydrogen-bond acceptors (Lipinski definition) is 16. The minimum absolute atomic E-state index is 0.0486.